The summed E-state index contributed by atoms with van der Waals surface area (Å²) in [4.78, 5) is 21.4. The lowest BCUT2D eigenvalue weighted by atomic mass is 10.0. The number of carbonyl (C=O) groups excluding carboxylic acids is 1. The maximum absolute atomic E-state index is 12.7. The lowest BCUT2D eigenvalue weighted by molar-refractivity contribution is -0.110. The third-order valence-corrected chi connectivity index (χ3v) is 5.07. The van der Waals surface area contributed by atoms with Gasteiger partial charge in [0, 0.05) is 41.0 Å². The average Bonchev–Trinajstić information content (AvgIpc) is 3.19. The number of aliphatic hydroxyl groups excluding tert-OH is 1. The third-order valence-electron chi connectivity index (χ3n) is 5.07. The van der Waals surface area contributed by atoms with Gasteiger partial charge < -0.3 is 15.7 Å². The second-order valence-corrected chi connectivity index (χ2v) is 7.59. The van der Waals surface area contributed by atoms with Crippen molar-refractivity contribution in [2.45, 2.75) is 40.3 Å². The van der Waals surface area contributed by atoms with Gasteiger partial charge in [0.15, 0.2) is 5.82 Å². The van der Waals surface area contributed by atoms with Crippen LogP contribution < -0.4 is 10.6 Å². The molecule has 0 aromatic carbocycles. The number of carbonyl (C=O) groups is 1. The quantitative estimate of drug-likeness (QED) is 0.564. The van der Waals surface area contributed by atoms with E-state index in [9.17, 15) is 9.90 Å². The summed E-state index contributed by atoms with van der Waals surface area (Å²) in [6.45, 7) is 7.91. The second-order valence-electron chi connectivity index (χ2n) is 7.59. The molecule has 0 unspecified atom stereocenters. The molecule has 0 spiro atoms. The Morgan fingerprint density at radius 1 is 1.27 bits per heavy atom. The number of allylic oxidation sites excluding steroid dienone is 1. The van der Waals surface area contributed by atoms with Gasteiger partial charge in [0.05, 0.1) is 35.8 Å². The summed E-state index contributed by atoms with van der Waals surface area (Å²) in [5.74, 6) is 0.439. The normalized spacial score (nSPS) is 15.6. The van der Waals surface area contributed by atoms with Crippen molar-refractivity contribution in [3.63, 3.8) is 0 Å². The maximum Gasteiger partial charge on any atom is 0.258 e. The van der Waals surface area contributed by atoms with Crippen LogP contribution in [0.2, 0.25) is 0 Å². The van der Waals surface area contributed by atoms with Crippen LogP contribution in [-0.4, -0.2) is 36.9 Å². The first-order chi connectivity index (χ1) is 14.3. The van der Waals surface area contributed by atoms with Crippen molar-refractivity contribution in [3.05, 3.63) is 59.3 Å². The zero-order chi connectivity index (χ0) is 21.4. The zero-order valence-electron chi connectivity index (χ0n) is 17.4. The lowest BCUT2D eigenvalue weighted by Gasteiger charge is -2.09. The number of fused-ring (bicyclic) bond motifs is 1. The topological polar surface area (TPSA) is 105 Å². The number of rotatable bonds is 5. The molecule has 0 radical (unpaired) electrons. The third kappa shape index (κ3) is 3.69. The van der Waals surface area contributed by atoms with Crippen molar-refractivity contribution in [2.75, 3.05) is 10.6 Å². The van der Waals surface area contributed by atoms with Crippen molar-refractivity contribution in [1.82, 2.24) is 19.7 Å². The van der Waals surface area contributed by atoms with Gasteiger partial charge in [-0.2, -0.15) is 5.10 Å². The molecular weight excluding hydrogens is 380 g/mol. The zero-order valence-corrected chi connectivity index (χ0v) is 17.4. The summed E-state index contributed by atoms with van der Waals surface area (Å²) in [7, 11) is 0. The predicted octanol–water partition coefficient (Wildman–Crippen LogP) is 3.13. The molecule has 0 saturated heterocycles. The Bertz CT molecular complexity index is 1160. The molecule has 0 aliphatic carbocycles. The smallest absolute Gasteiger partial charge is 0.258 e. The number of hydrogen-bond donors (Lipinski definition) is 3. The minimum absolute atomic E-state index is 0.183. The highest BCUT2D eigenvalue weighted by Gasteiger charge is 2.28. The number of hydrogen-bond acceptors (Lipinski definition) is 6. The number of pyridine rings is 2. The molecule has 1 amide bonds. The number of aromatic nitrogens is 4. The van der Waals surface area contributed by atoms with Gasteiger partial charge in [-0.05, 0) is 45.4 Å². The highest BCUT2D eigenvalue weighted by molar-refractivity contribution is 6.32. The van der Waals surface area contributed by atoms with Gasteiger partial charge in [0.1, 0.15) is 0 Å². The van der Waals surface area contributed by atoms with Gasteiger partial charge in [-0.15, -0.1) is 0 Å². The van der Waals surface area contributed by atoms with Gasteiger partial charge in [-0.3, -0.25) is 19.4 Å². The Morgan fingerprint density at radius 3 is 2.80 bits per heavy atom. The Morgan fingerprint density at radius 2 is 2.07 bits per heavy atom. The van der Waals surface area contributed by atoms with Crippen molar-refractivity contribution in [3.8, 4) is 11.3 Å². The number of amides is 1. The molecule has 4 heterocycles. The summed E-state index contributed by atoms with van der Waals surface area (Å²) in [6.07, 6.45) is 4.71. The van der Waals surface area contributed by atoms with E-state index < -0.39 is 6.10 Å². The van der Waals surface area contributed by atoms with E-state index in [1.807, 2.05) is 39.0 Å². The fourth-order valence-electron chi connectivity index (χ4n) is 3.58. The minimum atomic E-state index is -0.495. The highest BCUT2D eigenvalue weighted by Crippen LogP contribution is 2.36. The van der Waals surface area contributed by atoms with Crippen molar-refractivity contribution in [1.29, 1.82) is 0 Å². The number of aliphatic hydroxyl groups is 1. The standard InChI is InChI=1S/C22H24N6O2/c1-12-5-6-23-9-17(12)18-8-16-19(10-24-18)26-22(30)21(16)15(4)25-20-7-13(2)28(27-20)11-14(3)29/h5-10,14,29H,11H2,1-4H3,(H,25,27)(H,26,30)/b21-15-/t14-/m1/s1. The average molecular weight is 404 g/mol. The maximum atomic E-state index is 12.7. The summed E-state index contributed by atoms with van der Waals surface area (Å²) in [5, 5.41) is 20.2. The van der Waals surface area contributed by atoms with Crippen LogP contribution in [0.15, 0.2) is 42.5 Å². The first-order valence-corrected chi connectivity index (χ1v) is 9.76. The molecule has 30 heavy (non-hydrogen) atoms. The van der Waals surface area contributed by atoms with E-state index in [0.29, 0.717) is 29.3 Å². The monoisotopic (exact) mass is 404 g/mol. The molecule has 0 fully saturated rings. The van der Waals surface area contributed by atoms with Crippen molar-refractivity contribution < 1.29 is 9.90 Å². The molecule has 0 bridgehead atoms. The summed E-state index contributed by atoms with van der Waals surface area (Å²) in [6, 6.07) is 5.73. The molecule has 3 aromatic rings. The molecule has 0 saturated carbocycles. The first-order valence-electron chi connectivity index (χ1n) is 9.76. The lowest BCUT2D eigenvalue weighted by Crippen LogP contribution is -2.14. The Balaban J connectivity index is 1.70. The first kappa shape index (κ1) is 19.8. The molecule has 1 atom stereocenters. The summed E-state index contributed by atoms with van der Waals surface area (Å²) in [5.41, 5.74) is 6.39. The van der Waals surface area contributed by atoms with Crippen LogP contribution in [0, 0.1) is 13.8 Å². The van der Waals surface area contributed by atoms with E-state index in [0.717, 1.165) is 28.1 Å². The molecule has 3 N–H and O–H groups in total. The molecule has 1 aliphatic rings. The Hall–Kier alpha value is -3.52. The van der Waals surface area contributed by atoms with Crippen LogP contribution in [0.4, 0.5) is 11.5 Å². The van der Waals surface area contributed by atoms with E-state index in [-0.39, 0.29) is 5.91 Å². The molecule has 154 valence electrons. The molecule has 3 aromatic heterocycles. The van der Waals surface area contributed by atoms with Crippen LogP contribution in [-0.2, 0) is 11.3 Å². The van der Waals surface area contributed by atoms with Crippen LogP contribution in [0.3, 0.4) is 0 Å². The van der Waals surface area contributed by atoms with Crippen LogP contribution >= 0.6 is 0 Å². The Kier molecular flexibility index (Phi) is 5.09. The van der Waals surface area contributed by atoms with Crippen LogP contribution in [0.25, 0.3) is 16.8 Å². The fourth-order valence-corrected chi connectivity index (χ4v) is 3.58. The fraction of sp³-hybridized carbons (Fsp3) is 0.273. The van der Waals surface area contributed by atoms with Gasteiger partial charge in [0.25, 0.3) is 5.91 Å². The van der Waals surface area contributed by atoms with Crippen LogP contribution in [0.5, 0.6) is 0 Å². The van der Waals surface area contributed by atoms with Gasteiger partial charge in [0.2, 0.25) is 0 Å². The number of anilines is 2. The molecule has 4 rings (SSSR count). The highest BCUT2D eigenvalue weighted by atomic mass is 16.3. The molecule has 1 aliphatic heterocycles. The van der Waals surface area contributed by atoms with E-state index in [1.165, 1.54) is 0 Å². The predicted molar refractivity (Wildman–Crippen MR) is 116 cm³/mol. The Labute approximate surface area is 174 Å². The SMILES string of the molecule is C/C(Nc1cc(C)n(C[C@@H](C)O)n1)=C1/C(=O)Nc2cnc(-c3cnccc3C)cc21. The van der Waals surface area contributed by atoms with Gasteiger partial charge >= 0.3 is 0 Å². The van der Waals surface area contributed by atoms with E-state index in [4.69, 9.17) is 0 Å². The number of nitrogens with one attached hydrogen (secondary N) is 2. The summed E-state index contributed by atoms with van der Waals surface area (Å²) < 4.78 is 1.74. The largest absolute Gasteiger partial charge is 0.391 e. The molecule has 8 heteroatoms. The number of nitrogens with zero attached hydrogens (tertiary/aromatic N) is 4. The molecule has 8 nitrogen and oxygen atoms in total. The van der Waals surface area contributed by atoms with Crippen LogP contribution in [0.1, 0.15) is 30.7 Å². The second kappa shape index (κ2) is 7.72. The van der Waals surface area contributed by atoms with Gasteiger partial charge in [-0.25, -0.2) is 0 Å². The van der Waals surface area contributed by atoms with Crippen molar-refractivity contribution in [2.24, 2.45) is 0 Å². The minimum Gasteiger partial charge on any atom is -0.391 e. The van der Waals surface area contributed by atoms with E-state index in [2.05, 4.69) is 25.7 Å². The van der Waals surface area contributed by atoms with Crippen molar-refractivity contribution >= 4 is 23.0 Å². The van der Waals surface area contributed by atoms with E-state index in [1.54, 1.807) is 30.2 Å². The van der Waals surface area contributed by atoms with Gasteiger partial charge in [-0.1, -0.05) is 0 Å². The summed E-state index contributed by atoms with van der Waals surface area (Å²) >= 11 is 0. The molecular formula is C22H24N6O2. The number of aryl methyl sites for hydroxylation is 2. The van der Waals surface area contributed by atoms with E-state index >= 15 is 0 Å².